The van der Waals surface area contributed by atoms with Crippen LogP contribution in [-0.2, 0) is 10.8 Å². The predicted octanol–water partition coefficient (Wildman–Crippen LogP) is 13.4. The molecule has 7 aromatic rings. The number of allylic oxidation sites excluding steroid dienone is 5. The molecule has 11 rings (SSSR count). The van der Waals surface area contributed by atoms with Gasteiger partial charge in [0.15, 0.2) is 0 Å². The van der Waals surface area contributed by atoms with Gasteiger partial charge in [0.1, 0.15) is 0 Å². The topological polar surface area (TPSA) is 3.24 Å². The molecule has 0 aromatic heterocycles. The Morgan fingerprint density at radius 3 is 1.67 bits per heavy atom. The van der Waals surface area contributed by atoms with E-state index in [1.165, 1.54) is 77.9 Å². The van der Waals surface area contributed by atoms with Crippen molar-refractivity contribution >= 4 is 16.9 Å². The van der Waals surface area contributed by atoms with Crippen LogP contribution in [0.4, 0.5) is 11.4 Å². The van der Waals surface area contributed by atoms with Gasteiger partial charge in [-0.1, -0.05) is 172 Å². The molecule has 0 aliphatic heterocycles. The summed E-state index contributed by atoms with van der Waals surface area (Å²) in [6.07, 6.45) is 8.16. The number of rotatable bonds is 4. The van der Waals surface area contributed by atoms with E-state index in [1.807, 2.05) is 0 Å². The van der Waals surface area contributed by atoms with Crippen LogP contribution >= 0.6 is 0 Å². The molecule has 1 nitrogen and oxygen atoms in total. The van der Waals surface area contributed by atoms with Crippen LogP contribution in [0.5, 0.6) is 0 Å². The summed E-state index contributed by atoms with van der Waals surface area (Å²) >= 11 is 0. The Balaban J connectivity index is 1.19. The maximum atomic E-state index is 2.53. The van der Waals surface area contributed by atoms with Crippen molar-refractivity contribution in [2.45, 2.75) is 31.1 Å². The normalized spacial score (nSPS) is 16.1. The van der Waals surface area contributed by atoms with Gasteiger partial charge in [-0.25, -0.2) is 0 Å². The minimum atomic E-state index is -0.414. The summed E-state index contributed by atoms with van der Waals surface area (Å²) in [6, 6.07) is 63.2. The predicted molar refractivity (Wildman–Crippen MR) is 225 cm³/mol. The maximum Gasteiger partial charge on any atom is 0.0723 e. The quantitative estimate of drug-likeness (QED) is 0.178. The van der Waals surface area contributed by atoms with Crippen molar-refractivity contribution < 1.29 is 0 Å². The van der Waals surface area contributed by atoms with Gasteiger partial charge < -0.3 is 4.90 Å². The number of fused-ring (bicyclic) bond motifs is 12. The van der Waals surface area contributed by atoms with E-state index >= 15 is 0 Å². The minimum absolute atomic E-state index is 0.121. The molecular formula is C53H39N. The van der Waals surface area contributed by atoms with Crippen molar-refractivity contribution in [3.8, 4) is 33.4 Å². The molecule has 0 fully saturated rings. The van der Waals surface area contributed by atoms with Crippen LogP contribution in [0.25, 0.3) is 39.0 Å². The lowest BCUT2D eigenvalue weighted by Gasteiger charge is -2.34. The van der Waals surface area contributed by atoms with E-state index in [0.717, 1.165) is 23.5 Å². The zero-order valence-corrected chi connectivity index (χ0v) is 30.6. The number of benzene rings is 7. The first-order valence-corrected chi connectivity index (χ1v) is 19.2. The molecule has 0 N–H and O–H groups in total. The summed E-state index contributed by atoms with van der Waals surface area (Å²) in [4.78, 5) is 2.53. The first kappa shape index (κ1) is 31.1. The van der Waals surface area contributed by atoms with Gasteiger partial charge in [-0.05, 0) is 109 Å². The smallest absolute Gasteiger partial charge is 0.0723 e. The van der Waals surface area contributed by atoms with Gasteiger partial charge in [0.05, 0.1) is 11.1 Å². The molecule has 0 bridgehead atoms. The van der Waals surface area contributed by atoms with Gasteiger partial charge >= 0.3 is 0 Å². The lowest BCUT2D eigenvalue weighted by Crippen LogP contribution is -2.27. The standard InChI is InChI=1S/C53H39N/c1-52(2)45-26-11-6-21-39(45)44-32-31-37(33-49(44)52)54(51-30-15-10-20-38(51)35-17-4-3-5-18-35)36-19-16-25-43-42-24-9-14-29-48(42)53(50(43)34-36)46-27-12-7-22-40(46)41-23-8-13-28-47(41)53/h3-24,26-34H,25H2,1-2H3. The first-order valence-electron chi connectivity index (χ1n) is 19.2. The van der Waals surface area contributed by atoms with Crippen molar-refractivity contribution in [3.05, 3.63) is 233 Å². The summed E-state index contributed by atoms with van der Waals surface area (Å²) in [7, 11) is 0. The van der Waals surface area contributed by atoms with E-state index in [1.54, 1.807) is 0 Å². The van der Waals surface area contributed by atoms with Gasteiger partial charge in [0.2, 0.25) is 0 Å². The fourth-order valence-electron chi connectivity index (χ4n) is 10.2. The number of hydrogen-bond donors (Lipinski definition) is 0. The molecule has 0 radical (unpaired) electrons. The SMILES string of the molecule is CC1(C)c2ccccc2-c2ccc(N(C3=CC4=C(CC=C3)c3ccccc3C43c4ccccc4-c4ccccc43)c3ccccc3-c3ccccc3)cc21. The van der Waals surface area contributed by atoms with Gasteiger partial charge in [-0.2, -0.15) is 0 Å². The molecule has 256 valence electrons. The highest BCUT2D eigenvalue weighted by Crippen LogP contribution is 2.63. The number of hydrogen-bond acceptors (Lipinski definition) is 1. The van der Waals surface area contributed by atoms with E-state index < -0.39 is 5.41 Å². The zero-order valence-electron chi connectivity index (χ0n) is 30.6. The van der Waals surface area contributed by atoms with Crippen LogP contribution in [0.3, 0.4) is 0 Å². The van der Waals surface area contributed by atoms with Crippen LogP contribution in [-0.4, -0.2) is 0 Å². The van der Waals surface area contributed by atoms with Gasteiger partial charge in [-0.3, -0.25) is 0 Å². The zero-order chi connectivity index (χ0) is 36.0. The minimum Gasteiger partial charge on any atom is -0.310 e. The average Bonchev–Trinajstić information content (AvgIpc) is 3.67. The Morgan fingerprint density at radius 2 is 0.981 bits per heavy atom. The third kappa shape index (κ3) is 4.15. The molecule has 1 heteroatoms. The average molecular weight is 690 g/mol. The highest BCUT2D eigenvalue weighted by atomic mass is 15.1. The van der Waals surface area contributed by atoms with E-state index in [9.17, 15) is 0 Å². The molecule has 0 saturated heterocycles. The molecule has 1 spiro atoms. The Labute approximate surface area is 317 Å². The van der Waals surface area contributed by atoms with E-state index in [4.69, 9.17) is 0 Å². The van der Waals surface area contributed by atoms with Crippen LogP contribution in [0.15, 0.2) is 199 Å². The summed E-state index contributed by atoms with van der Waals surface area (Å²) in [6.45, 7) is 4.75. The largest absolute Gasteiger partial charge is 0.310 e. The summed E-state index contributed by atoms with van der Waals surface area (Å²) in [5.41, 5.74) is 21.7. The van der Waals surface area contributed by atoms with Gasteiger partial charge in [0, 0.05) is 22.4 Å². The Bertz CT molecular complexity index is 2730. The van der Waals surface area contributed by atoms with E-state index in [-0.39, 0.29) is 5.41 Å². The molecule has 0 heterocycles. The molecule has 0 atom stereocenters. The third-order valence-electron chi connectivity index (χ3n) is 12.6. The van der Waals surface area contributed by atoms with Crippen molar-refractivity contribution in [3.63, 3.8) is 0 Å². The van der Waals surface area contributed by atoms with E-state index in [2.05, 4.69) is 207 Å². The molecular weight excluding hydrogens is 651 g/mol. The molecule has 4 aliphatic carbocycles. The third-order valence-corrected chi connectivity index (χ3v) is 12.6. The second-order valence-electron chi connectivity index (χ2n) is 15.6. The maximum absolute atomic E-state index is 2.53. The Hall–Kier alpha value is -6.44. The summed E-state index contributed by atoms with van der Waals surface area (Å²) in [5.74, 6) is 0. The highest BCUT2D eigenvalue weighted by molar-refractivity contribution is 5.97. The molecule has 4 aliphatic rings. The second-order valence-corrected chi connectivity index (χ2v) is 15.6. The number of anilines is 2. The summed E-state index contributed by atoms with van der Waals surface area (Å²) < 4.78 is 0. The van der Waals surface area contributed by atoms with Gasteiger partial charge in [-0.15, -0.1) is 0 Å². The van der Waals surface area contributed by atoms with Crippen LogP contribution < -0.4 is 4.90 Å². The summed E-state index contributed by atoms with van der Waals surface area (Å²) in [5, 5.41) is 0. The molecule has 0 amide bonds. The van der Waals surface area contributed by atoms with Crippen LogP contribution in [0.2, 0.25) is 0 Å². The highest BCUT2D eigenvalue weighted by Gasteiger charge is 2.52. The van der Waals surface area contributed by atoms with Crippen LogP contribution in [0, 0.1) is 0 Å². The monoisotopic (exact) mass is 689 g/mol. The lowest BCUT2D eigenvalue weighted by atomic mass is 9.69. The molecule has 0 unspecified atom stereocenters. The number of nitrogens with zero attached hydrogens (tertiary/aromatic N) is 1. The van der Waals surface area contributed by atoms with Crippen LogP contribution in [0.1, 0.15) is 53.6 Å². The first-order chi connectivity index (χ1) is 26.6. The fourth-order valence-corrected chi connectivity index (χ4v) is 10.2. The fraction of sp³-hybridized carbons (Fsp3) is 0.0943. The van der Waals surface area contributed by atoms with Gasteiger partial charge in [0.25, 0.3) is 0 Å². The van der Waals surface area contributed by atoms with Crippen molar-refractivity contribution in [1.29, 1.82) is 0 Å². The second kappa shape index (κ2) is 11.5. The van der Waals surface area contributed by atoms with Crippen molar-refractivity contribution in [2.75, 3.05) is 4.90 Å². The van der Waals surface area contributed by atoms with Crippen molar-refractivity contribution in [2.24, 2.45) is 0 Å². The molecule has 7 aromatic carbocycles. The van der Waals surface area contributed by atoms with Crippen molar-refractivity contribution in [1.82, 2.24) is 0 Å². The van der Waals surface area contributed by atoms with E-state index in [0.29, 0.717) is 0 Å². The molecule has 0 saturated carbocycles. The Morgan fingerprint density at radius 1 is 0.463 bits per heavy atom. The number of para-hydroxylation sites is 1. The molecule has 54 heavy (non-hydrogen) atoms. The Kier molecular flexibility index (Phi) is 6.64. The lowest BCUT2D eigenvalue weighted by molar-refractivity contribution is 0.660.